The van der Waals surface area contributed by atoms with Crippen LogP contribution >= 0.6 is 0 Å². The van der Waals surface area contributed by atoms with Gasteiger partial charge in [-0.3, -0.25) is 0 Å². The largest absolute Gasteiger partial charge is 0.497 e. The summed E-state index contributed by atoms with van der Waals surface area (Å²) in [6.07, 6.45) is 5.17. The van der Waals surface area contributed by atoms with Crippen molar-refractivity contribution in [1.82, 2.24) is 0 Å². The number of benzene rings is 1. The minimum Gasteiger partial charge on any atom is -0.497 e. The normalized spacial score (nSPS) is 23.5. The Bertz CT molecular complexity index is 392. The third-order valence-electron chi connectivity index (χ3n) is 3.70. The van der Waals surface area contributed by atoms with Gasteiger partial charge in [0.1, 0.15) is 11.5 Å². The lowest BCUT2D eigenvalue weighted by Crippen LogP contribution is -2.26. The van der Waals surface area contributed by atoms with Gasteiger partial charge in [-0.05, 0) is 30.9 Å². The first-order valence-corrected chi connectivity index (χ1v) is 6.71. The zero-order chi connectivity index (χ0) is 13.0. The molecule has 1 aliphatic rings. The van der Waals surface area contributed by atoms with E-state index in [2.05, 4.69) is 12.2 Å². The van der Waals surface area contributed by atoms with E-state index < -0.39 is 0 Å². The molecule has 3 heteroatoms. The van der Waals surface area contributed by atoms with Gasteiger partial charge < -0.3 is 14.8 Å². The number of nitrogens with one attached hydrogen (secondary N) is 1. The van der Waals surface area contributed by atoms with Crippen LogP contribution in [0, 0.1) is 5.92 Å². The molecular formula is C15H23NO2. The summed E-state index contributed by atoms with van der Waals surface area (Å²) in [4.78, 5) is 0. The highest BCUT2D eigenvalue weighted by Crippen LogP contribution is 2.32. The Morgan fingerprint density at radius 1 is 1.17 bits per heavy atom. The van der Waals surface area contributed by atoms with Gasteiger partial charge in [-0.15, -0.1) is 0 Å². The summed E-state index contributed by atoms with van der Waals surface area (Å²) in [7, 11) is 3.37. The summed E-state index contributed by atoms with van der Waals surface area (Å²) in [6.45, 7) is 2.33. The lowest BCUT2D eigenvalue weighted by molar-refractivity contribution is 0.356. The van der Waals surface area contributed by atoms with Crippen molar-refractivity contribution in [2.45, 2.75) is 38.6 Å². The summed E-state index contributed by atoms with van der Waals surface area (Å²) >= 11 is 0. The molecule has 1 saturated carbocycles. The van der Waals surface area contributed by atoms with E-state index in [9.17, 15) is 0 Å². The Balaban J connectivity index is 2.08. The highest BCUT2D eigenvalue weighted by molar-refractivity contribution is 5.59. The number of methoxy groups -OCH3 is 2. The Hall–Kier alpha value is -1.38. The van der Waals surface area contributed by atoms with Gasteiger partial charge in [0.05, 0.1) is 19.9 Å². The molecule has 2 unspecified atom stereocenters. The molecule has 1 fully saturated rings. The Morgan fingerprint density at radius 2 is 2.00 bits per heavy atom. The number of hydrogen-bond donors (Lipinski definition) is 1. The molecule has 0 saturated heterocycles. The van der Waals surface area contributed by atoms with Crippen LogP contribution in [-0.2, 0) is 0 Å². The minimum atomic E-state index is 0.566. The summed E-state index contributed by atoms with van der Waals surface area (Å²) in [6, 6.07) is 6.50. The van der Waals surface area contributed by atoms with E-state index in [1.165, 1.54) is 25.7 Å². The van der Waals surface area contributed by atoms with Gasteiger partial charge in [0.15, 0.2) is 0 Å². The predicted molar refractivity (Wildman–Crippen MR) is 74.6 cm³/mol. The van der Waals surface area contributed by atoms with Crippen molar-refractivity contribution in [1.29, 1.82) is 0 Å². The monoisotopic (exact) mass is 249 g/mol. The van der Waals surface area contributed by atoms with Crippen LogP contribution < -0.4 is 14.8 Å². The Morgan fingerprint density at radius 3 is 2.67 bits per heavy atom. The van der Waals surface area contributed by atoms with Crippen LogP contribution in [0.3, 0.4) is 0 Å². The van der Waals surface area contributed by atoms with Gasteiger partial charge in [-0.1, -0.05) is 19.8 Å². The van der Waals surface area contributed by atoms with Crippen LogP contribution in [0.4, 0.5) is 5.69 Å². The van der Waals surface area contributed by atoms with E-state index in [1.807, 2.05) is 18.2 Å². The van der Waals surface area contributed by atoms with Crippen LogP contribution in [0.1, 0.15) is 32.6 Å². The quantitative estimate of drug-likeness (QED) is 0.882. The average molecular weight is 249 g/mol. The highest BCUT2D eigenvalue weighted by atomic mass is 16.5. The molecule has 0 radical (unpaired) electrons. The first kappa shape index (κ1) is 13.1. The predicted octanol–water partition coefficient (Wildman–Crippen LogP) is 3.69. The number of rotatable bonds is 4. The van der Waals surface area contributed by atoms with Crippen LogP contribution in [-0.4, -0.2) is 20.3 Å². The second-order valence-electron chi connectivity index (χ2n) is 5.18. The topological polar surface area (TPSA) is 30.5 Å². The lowest BCUT2D eigenvalue weighted by atomic mass is 9.87. The fourth-order valence-electron chi connectivity index (χ4n) is 2.70. The maximum Gasteiger partial charge on any atom is 0.145 e. The number of ether oxygens (including phenoxy) is 2. The molecular weight excluding hydrogens is 226 g/mol. The summed E-state index contributed by atoms with van der Waals surface area (Å²) in [5, 5.41) is 3.60. The first-order valence-electron chi connectivity index (χ1n) is 6.71. The van der Waals surface area contributed by atoms with Crippen molar-refractivity contribution in [3.05, 3.63) is 18.2 Å². The van der Waals surface area contributed by atoms with Crippen molar-refractivity contribution < 1.29 is 9.47 Å². The third kappa shape index (κ3) is 3.09. The van der Waals surface area contributed by atoms with Crippen LogP contribution in [0.2, 0.25) is 0 Å². The van der Waals surface area contributed by atoms with E-state index >= 15 is 0 Å². The molecule has 2 atom stereocenters. The zero-order valence-electron chi connectivity index (χ0n) is 11.5. The second kappa shape index (κ2) is 5.98. The molecule has 18 heavy (non-hydrogen) atoms. The molecule has 0 heterocycles. The SMILES string of the molecule is COc1ccc(NC2CCCC(C)C2)c(OC)c1. The molecule has 0 bridgehead atoms. The van der Waals surface area contributed by atoms with Crippen LogP contribution in [0.5, 0.6) is 11.5 Å². The molecule has 0 spiro atoms. The summed E-state index contributed by atoms with van der Waals surface area (Å²) < 4.78 is 10.6. The third-order valence-corrected chi connectivity index (χ3v) is 3.70. The minimum absolute atomic E-state index is 0.566. The van der Waals surface area contributed by atoms with Crippen molar-refractivity contribution >= 4 is 5.69 Å². The van der Waals surface area contributed by atoms with Gasteiger partial charge in [-0.2, -0.15) is 0 Å². The van der Waals surface area contributed by atoms with Gasteiger partial charge >= 0.3 is 0 Å². The second-order valence-corrected chi connectivity index (χ2v) is 5.18. The molecule has 1 aliphatic carbocycles. The molecule has 0 amide bonds. The fraction of sp³-hybridized carbons (Fsp3) is 0.600. The fourth-order valence-corrected chi connectivity index (χ4v) is 2.70. The van der Waals surface area contributed by atoms with Crippen LogP contribution in [0.25, 0.3) is 0 Å². The Labute approximate surface area is 109 Å². The van der Waals surface area contributed by atoms with Gasteiger partial charge in [0, 0.05) is 12.1 Å². The van der Waals surface area contributed by atoms with Gasteiger partial charge in [0.2, 0.25) is 0 Å². The van der Waals surface area contributed by atoms with Crippen molar-refractivity contribution in [2.24, 2.45) is 5.92 Å². The smallest absolute Gasteiger partial charge is 0.145 e. The van der Waals surface area contributed by atoms with E-state index in [0.717, 1.165) is 23.1 Å². The molecule has 0 aliphatic heterocycles. The van der Waals surface area contributed by atoms with Gasteiger partial charge in [0.25, 0.3) is 0 Å². The molecule has 1 aromatic carbocycles. The van der Waals surface area contributed by atoms with E-state index in [1.54, 1.807) is 14.2 Å². The van der Waals surface area contributed by atoms with E-state index in [-0.39, 0.29) is 0 Å². The molecule has 3 nitrogen and oxygen atoms in total. The maximum absolute atomic E-state index is 5.41. The molecule has 1 aromatic rings. The molecule has 1 N–H and O–H groups in total. The standard InChI is InChI=1S/C15H23NO2/c1-11-5-4-6-12(9-11)16-14-8-7-13(17-2)10-15(14)18-3/h7-8,10-12,16H,4-6,9H2,1-3H3. The van der Waals surface area contributed by atoms with Gasteiger partial charge in [-0.25, -0.2) is 0 Å². The highest BCUT2D eigenvalue weighted by Gasteiger charge is 2.19. The summed E-state index contributed by atoms with van der Waals surface area (Å²) in [5.41, 5.74) is 1.07. The van der Waals surface area contributed by atoms with E-state index in [4.69, 9.17) is 9.47 Å². The first-order chi connectivity index (χ1) is 8.72. The number of anilines is 1. The molecule has 0 aromatic heterocycles. The van der Waals surface area contributed by atoms with Crippen molar-refractivity contribution in [3.8, 4) is 11.5 Å². The lowest BCUT2D eigenvalue weighted by Gasteiger charge is -2.28. The average Bonchev–Trinajstić information content (AvgIpc) is 2.39. The maximum atomic E-state index is 5.41. The van der Waals surface area contributed by atoms with Crippen molar-refractivity contribution in [2.75, 3.05) is 19.5 Å². The zero-order valence-corrected chi connectivity index (χ0v) is 11.5. The molecule has 100 valence electrons. The Kier molecular flexibility index (Phi) is 4.34. The molecule has 2 rings (SSSR count). The van der Waals surface area contributed by atoms with Crippen LogP contribution in [0.15, 0.2) is 18.2 Å². The number of hydrogen-bond acceptors (Lipinski definition) is 3. The van der Waals surface area contributed by atoms with Crippen molar-refractivity contribution in [3.63, 3.8) is 0 Å². The summed E-state index contributed by atoms with van der Waals surface area (Å²) in [5.74, 6) is 2.50. The van der Waals surface area contributed by atoms with E-state index in [0.29, 0.717) is 6.04 Å².